The third-order valence-electron chi connectivity index (χ3n) is 5.49. The molecule has 4 aliphatic rings. The van der Waals surface area contributed by atoms with Crippen molar-refractivity contribution in [3.8, 4) is 0 Å². The maximum Gasteiger partial charge on any atom is 0.251 e. The Labute approximate surface area is 126 Å². The van der Waals surface area contributed by atoms with E-state index in [2.05, 4.69) is 4.90 Å². The van der Waals surface area contributed by atoms with Gasteiger partial charge in [-0.25, -0.2) is 5.06 Å². The van der Waals surface area contributed by atoms with E-state index in [4.69, 9.17) is 9.57 Å². The quantitative estimate of drug-likeness (QED) is 0.783. The molecule has 0 aromatic heterocycles. The van der Waals surface area contributed by atoms with Crippen LogP contribution >= 0.6 is 0 Å². The molecular weight excluding hydrogens is 268 g/mol. The van der Waals surface area contributed by atoms with Gasteiger partial charge in [0, 0.05) is 26.2 Å². The standard InChI is InChI=1S/C16H26N2O3/c19-16(18-5-1-2-6-21-18)15-11-20-10-13-8-17(9-14(13)15)7-12-3-4-12/h12-15H,1-11H2/t13-,14-,15-/m1/s1. The summed E-state index contributed by atoms with van der Waals surface area (Å²) in [5, 5.41) is 1.61. The van der Waals surface area contributed by atoms with Crippen molar-refractivity contribution in [1.82, 2.24) is 9.96 Å². The van der Waals surface area contributed by atoms with E-state index < -0.39 is 0 Å². The van der Waals surface area contributed by atoms with Gasteiger partial charge in [0.05, 0.1) is 25.7 Å². The van der Waals surface area contributed by atoms with Crippen LogP contribution in [0.1, 0.15) is 25.7 Å². The summed E-state index contributed by atoms with van der Waals surface area (Å²) in [5.74, 6) is 2.10. The van der Waals surface area contributed by atoms with Crippen molar-refractivity contribution < 1.29 is 14.4 Å². The molecule has 0 bridgehead atoms. The Morgan fingerprint density at radius 2 is 2.05 bits per heavy atom. The molecular formula is C16H26N2O3. The van der Waals surface area contributed by atoms with Crippen molar-refractivity contribution in [1.29, 1.82) is 0 Å². The average molecular weight is 294 g/mol. The molecule has 0 unspecified atom stereocenters. The van der Waals surface area contributed by atoms with Crippen LogP contribution in [0.4, 0.5) is 0 Å². The van der Waals surface area contributed by atoms with Crippen LogP contribution < -0.4 is 0 Å². The number of hydrogen-bond donors (Lipinski definition) is 0. The molecule has 5 nitrogen and oxygen atoms in total. The maximum absolute atomic E-state index is 12.7. The van der Waals surface area contributed by atoms with Gasteiger partial charge in [-0.05, 0) is 43.4 Å². The first-order chi connectivity index (χ1) is 10.3. The lowest BCUT2D eigenvalue weighted by atomic mass is 9.82. The highest BCUT2D eigenvalue weighted by atomic mass is 16.7. The molecule has 5 heteroatoms. The third-order valence-corrected chi connectivity index (χ3v) is 5.49. The van der Waals surface area contributed by atoms with Crippen LogP contribution in [0.3, 0.4) is 0 Å². The summed E-state index contributed by atoms with van der Waals surface area (Å²) < 4.78 is 5.75. The zero-order chi connectivity index (χ0) is 14.2. The number of fused-ring (bicyclic) bond motifs is 1. The van der Waals surface area contributed by atoms with E-state index in [-0.39, 0.29) is 11.8 Å². The van der Waals surface area contributed by atoms with Crippen molar-refractivity contribution in [2.75, 3.05) is 46.0 Å². The second kappa shape index (κ2) is 5.86. The van der Waals surface area contributed by atoms with Gasteiger partial charge < -0.3 is 9.64 Å². The normalized spacial score (nSPS) is 37.5. The van der Waals surface area contributed by atoms with Crippen molar-refractivity contribution in [3.05, 3.63) is 0 Å². The van der Waals surface area contributed by atoms with Gasteiger partial charge in [0.1, 0.15) is 0 Å². The molecule has 0 radical (unpaired) electrons. The molecule has 4 rings (SSSR count). The molecule has 1 aliphatic carbocycles. The van der Waals surface area contributed by atoms with Gasteiger partial charge in [0.2, 0.25) is 0 Å². The highest BCUT2D eigenvalue weighted by Crippen LogP contribution is 2.38. The van der Waals surface area contributed by atoms with E-state index in [1.807, 2.05) is 0 Å². The van der Waals surface area contributed by atoms with Crippen molar-refractivity contribution >= 4 is 5.91 Å². The number of hydroxylamine groups is 2. The Morgan fingerprint density at radius 1 is 1.14 bits per heavy atom. The minimum atomic E-state index is 0.00560. The predicted molar refractivity (Wildman–Crippen MR) is 77.4 cm³/mol. The Bertz CT molecular complexity index is 393. The van der Waals surface area contributed by atoms with E-state index in [1.54, 1.807) is 5.06 Å². The van der Waals surface area contributed by atoms with Crippen LogP contribution in [-0.2, 0) is 14.4 Å². The predicted octanol–water partition coefficient (Wildman–Crippen LogP) is 1.14. The molecule has 3 atom stereocenters. The number of likely N-dealkylation sites (tertiary alicyclic amines) is 1. The fourth-order valence-corrected chi connectivity index (χ4v) is 4.12. The summed E-state index contributed by atoms with van der Waals surface area (Å²) in [7, 11) is 0. The minimum Gasteiger partial charge on any atom is -0.380 e. The average Bonchev–Trinajstić information content (AvgIpc) is 3.23. The van der Waals surface area contributed by atoms with Gasteiger partial charge in [-0.2, -0.15) is 0 Å². The Hall–Kier alpha value is -0.650. The van der Waals surface area contributed by atoms with Gasteiger partial charge in [-0.3, -0.25) is 9.63 Å². The first-order valence-corrected chi connectivity index (χ1v) is 8.55. The summed E-state index contributed by atoms with van der Waals surface area (Å²) in [6.07, 6.45) is 4.91. The van der Waals surface area contributed by atoms with E-state index in [0.29, 0.717) is 25.0 Å². The Balaban J connectivity index is 1.40. The van der Waals surface area contributed by atoms with Crippen molar-refractivity contribution in [2.24, 2.45) is 23.7 Å². The second-order valence-electron chi connectivity index (χ2n) is 7.21. The molecule has 0 N–H and O–H groups in total. The molecule has 0 spiro atoms. The zero-order valence-corrected chi connectivity index (χ0v) is 12.7. The Morgan fingerprint density at radius 3 is 2.81 bits per heavy atom. The summed E-state index contributed by atoms with van der Waals surface area (Å²) in [5.41, 5.74) is 0. The van der Waals surface area contributed by atoms with E-state index in [1.165, 1.54) is 19.4 Å². The molecule has 3 saturated heterocycles. The molecule has 4 fully saturated rings. The number of carbonyl (C=O) groups excluding carboxylic acids is 1. The van der Waals surface area contributed by atoms with Crippen LogP contribution in [0.15, 0.2) is 0 Å². The fraction of sp³-hybridized carbons (Fsp3) is 0.938. The van der Waals surface area contributed by atoms with Crippen LogP contribution in [0.25, 0.3) is 0 Å². The van der Waals surface area contributed by atoms with Gasteiger partial charge in [0.25, 0.3) is 5.91 Å². The molecule has 1 saturated carbocycles. The van der Waals surface area contributed by atoms with Crippen molar-refractivity contribution in [3.63, 3.8) is 0 Å². The van der Waals surface area contributed by atoms with Crippen LogP contribution in [-0.4, -0.2) is 61.9 Å². The molecule has 0 aromatic carbocycles. The van der Waals surface area contributed by atoms with Crippen molar-refractivity contribution in [2.45, 2.75) is 25.7 Å². The van der Waals surface area contributed by atoms with E-state index in [9.17, 15) is 4.79 Å². The summed E-state index contributed by atoms with van der Waals surface area (Å²) >= 11 is 0. The van der Waals surface area contributed by atoms with Crippen LogP contribution in [0.5, 0.6) is 0 Å². The van der Waals surface area contributed by atoms with Crippen LogP contribution in [0.2, 0.25) is 0 Å². The SMILES string of the molecule is O=C([C@@H]1COC[C@H]2CN(CC3CC3)C[C@H]21)N1CCCCO1. The number of nitrogens with zero attached hydrogens (tertiary/aromatic N) is 2. The lowest BCUT2D eigenvalue weighted by Crippen LogP contribution is -2.47. The molecule has 3 heterocycles. The molecule has 21 heavy (non-hydrogen) atoms. The highest BCUT2D eigenvalue weighted by Gasteiger charge is 2.46. The van der Waals surface area contributed by atoms with Gasteiger partial charge in [0.15, 0.2) is 0 Å². The number of rotatable bonds is 3. The van der Waals surface area contributed by atoms with Gasteiger partial charge in [-0.15, -0.1) is 0 Å². The highest BCUT2D eigenvalue weighted by molar-refractivity contribution is 5.78. The summed E-state index contributed by atoms with van der Waals surface area (Å²) in [6, 6.07) is 0. The first-order valence-electron chi connectivity index (χ1n) is 8.55. The monoisotopic (exact) mass is 294 g/mol. The Kier molecular flexibility index (Phi) is 3.90. The largest absolute Gasteiger partial charge is 0.380 e. The van der Waals surface area contributed by atoms with E-state index in [0.717, 1.165) is 45.0 Å². The molecule has 0 aromatic rings. The summed E-state index contributed by atoms with van der Waals surface area (Å²) in [4.78, 5) is 20.9. The van der Waals surface area contributed by atoms with E-state index >= 15 is 0 Å². The smallest absolute Gasteiger partial charge is 0.251 e. The zero-order valence-electron chi connectivity index (χ0n) is 12.7. The molecule has 118 valence electrons. The van der Waals surface area contributed by atoms with Crippen LogP contribution in [0, 0.1) is 23.7 Å². The lowest BCUT2D eigenvalue weighted by molar-refractivity contribution is -0.207. The molecule has 3 aliphatic heterocycles. The third kappa shape index (κ3) is 2.96. The number of hydrogen-bond acceptors (Lipinski definition) is 4. The maximum atomic E-state index is 12.7. The van der Waals surface area contributed by atoms with Gasteiger partial charge in [-0.1, -0.05) is 0 Å². The lowest BCUT2D eigenvalue weighted by Gasteiger charge is -2.36. The number of amides is 1. The summed E-state index contributed by atoms with van der Waals surface area (Å²) in [6.45, 7) is 6.27. The van der Waals surface area contributed by atoms with Gasteiger partial charge >= 0.3 is 0 Å². The minimum absolute atomic E-state index is 0.00560. The first kappa shape index (κ1) is 14.0. The number of carbonyl (C=O) groups is 1. The topological polar surface area (TPSA) is 42.0 Å². The second-order valence-corrected chi connectivity index (χ2v) is 7.21. The fourth-order valence-electron chi connectivity index (χ4n) is 4.12. The molecule has 1 amide bonds. The number of ether oxygens (including phenoxy) is 1.